The molecule has 2 aromatic rings. The largest absolute Gasteiger partial charge is 0.478 e. The summed E-state index contributed by atoms with van der Waals surface area (Å²) in [5, 5.41) is 20.0. The molecular weight excluding hydrogens is 342 g/mol. The summed E-state index contributed by atoms with van der Waals surface area (Å²) in [4.78, 5) is 21.5. The fourth-order valence-electron chi connectivity index (χ4n) is 1.78. The van der Waals surface area contributed by atoms with E-state index in [0.717, 1.165) is 0 Å². The van der Waals surface area contributed by atoms with Crippen LogP contribution in [0.15, 0.2) is 40.9 Å². The van der Waals surface area contributed by atoms with Crippen molar-refractivity contribution in [3.8, 4) is 11.5 Å². The second-order valence-electron chi connectivity index (χ2n) is 4.26. The highest BCUT2D eigenvalue weighted by Gasteiger charge is 2.18. The molecule has 0 amide bonds. The standard InChI is InChI=1S/C14H10BrNO5/c1-8-3-2-4-12(16(19)20)13(8)21-11-6-9(14(17)18)5-10(15)7-11/h2-7H,1H3,(H,17,18). The predicted octanol–water partition coefficient (Wildman–Crippen LogP) is 4.16. The number of nitro benzene ring substituents is 1. The first-order valence-corrected chi connectivity index (χ1v) is 6.63. The van der Waals surface area contributed by atoms with Crippen LogP contribution in [0.1, 0.15) is 15.9 Å². The van der Waals surface area contributed by atoms with E-state index < -0.39 is 10.9 Å². The fraction of sp³-hybridized carbons (Fsp3) is 0.0714. The minimum atomic E-state index is -1.11. The summed E-state index contributed by atoms with van der Waals surface area (Å²) >= 11 is 3.18. The number of aryl methyl sites for hydroxylation is 1. The second kappa shape index (κ2) is 5.92. The number of halogens is 1. The van der Waals surface area contributed by atoms with Gasteiger partial charge in [-0.1, -0.05) is 28.1 Å². The summed E-state index contributed by atoms with van der Waals surface area (Å²) in [6.07, 6.45) is 0. The molecule has 0 radical (unpaired) electrons. The molecule has 0 atom stereocenters. The molecule has 7 heteroatoms. The number of benzene rings is 2. The van der Waals surface area contributed by atoms with Crippen LogP contribution < -0.4 is 4.74 Å². The van der Waals surface area contributed by atoms with Crippen LogP contribution in [0.25, 0.3) is 0 Å². The quantitative estimate of drug-likeness (QED) is 0.659. The maximum absolute atomic E-state index is 11.0. The maximum atomic E-state index is 11.0. The summed E-state index contributed by atoms with van der Waals surface area (Å²) in [6.45, 7) is 1.68. The minimum Gasteiger partial charge on any atom is -0.478 e. The summed E-state index contributed by atoms with van der Waals surface area (Å²) in [6, 6.07) is 8.84. The van der Waals surface area contributed by atoms with Crippen LogP contribution >= 0.6 is 15.9 Å². The fourth-order valence-corrected chi connectivity index (χ4v) is 2.25. The Morgan fingerprint density at radius 3 is 2.67 bits per heavy atom. The predicted molar refractivity (Wildman–Crippen MR) is 79.0 cm³/mol. The number of aromatic carboxylic acids is 1. The van der Waals surface area contributed by atoms with Crippen LogP contribution in [0.5, 0.6) is 11.5 Å². The average molecular weight is 352 g/mol. The number of nitrogens with zero attached hydrogens (tertiary/aromatic N) is 1. The number of hydrogen-bond donors (Lipinski definition) is 1. The van der Waals surface area contributed by atoms with Crippen molar-refractivity contribution in [1.82, 2.24) is 0 Å². The third-order valence-corrected chi connectivity index (χ3v) is 3.18. The van der Waals surface area contributed by atoms with Gasteiger partial charge >= 0.3 is 11.7 Å². The number of rotatable bonds is 4. The first-order valence-electron chi connectivity index (χ1n) is 5.84. The Morgan fingerprint density at radius 1 is 1.33 bits per heavy atom. The lowest BCUT2D eigenvalue weighted by Crippen LogP contribution is -1.99. The average Bonchev–Trinajstić information content (AvgIpc) is 2.40. The van der Waals surface area contributed by atoms with E-state index in [9.17, 15) is 14.9 Å². The van der Waals surface area contributed by atoms with Gasteiger partial charge in [-0.2, -0.15) is 0 Å². The summed E-state index contributed by atoms with van der Waals surface area (Å²) in [5.41, 5.74) is 0.434. The number of carboxylic acids is 1. The van der Waals surface area contributed by atoms with Gasteiger partial charge in [0.15, 0.2) is 0 Å². The zero-order chi connectivity index (χ0) is 15.6. The molecule has 0 aromatic heterocycles. The van der Waals surface area contributed by atoms with Crippen molar-refractivity contribution in [2.75, 3.05) is 0 Å². The van der Waals surface area contributed by atoms with Gasteiger partial charge in [-0.15, -0.1) is 0 Å². The highest BCUT2D eigenvalue weighted by atomic mass is 79.9. The first-order chi connectivity index (χ1) is 9.88. The summed E-state index contributed by atoms with van der Waals surface area (Å²) in [5.74, 6) is -0.809. The van der Waals surface area contributed by atoms with Crippen LogP contribution in [0.2, 0.25) is 0 Å². The molecule has 0 saturated carbocycles. The Labute approximate surface area is 128 Å². The maximum Gasteiger partial charge on any atom is 0.335 e. The number of nitro groups is 1. The molecular formula is C14H10BrNO5. The van der Waals surface area contributed by atoms with E-state index >= 15 is 0 Å². The van der Waals surface area contributed by atoms with Crippen molar-refractivity contribution in [2.24, 2.45) is 0 Å². The van der Waals surface area contributed by atoms with E-state index in [1.807, 2.05) is 0 Å². The third-order valence-electron chi connectivity index (χ3n) is 2.73. The Bertz CT molecular complexity index is 729. The zero-order valence-corrected chi connectivity index (χ0v) is 12.5. The van der Waals surface area contributed by atoms with E-state index in [4.69, 9.17) is 9.84 Å². The van der Waals surface area contributed by atoms with Crippen LogP contribution in [0.3, 0.4) is 0 Å². The Balaban J connectivity index is 2.48. The van der Waals surface area contributed by atoms with Crippen LogP contribution in [0.4, 0.5) is 5.69 Å². The van der Waals surface area contributed by atoms with E-state index in [0.29, 0.717) is 10.0 Å². The van der Waals surface area contributed by atoms with Crippen molar-refractivity contribution >= 4 is 27.6 Å². The molecule has 21 heavy (non-hydrogen) atoms. The molecule has 0 spiro atoms. The monoisotopic (exact) mass is 351 g/mol. The van der Waals surface area contributed by atoms with Crippen molar-refractivity contribution in [1.29, 1.82) is 0 Å². The lowest BCUT2D eigenvalue weighted by molar-refractivity contribution is -0.385. The SMILES string of the molecule is Cc1cccc([N+](=O)[O-])c1Oc1cc(Br)cc(C(=O)O)c1. The number of para-hydroxylation sites is 1. The molecule has 0 aliphatic rings. The molecule has 0 bridgehead atoms. The van der Waals surface area contributed by atoms with Gasteiger partial charge in [0.2, 0.25) is 5.75 Å². The number of carboxylic acid groups (broad SMARTS) is 1. The van der Waals surface area contributed by atoms with Gasteiger partial charge in [0.05, 0.1) is 10.5 Å². The zero-order valence-electron chi connectivity index (χ0n) is 10.9. The van der Waals surface area contributed by atoms with Gasteiger partial charge in [-0.05, 0) is 30.7 Å². The highest BCUT2D eigenvalue weighted by molar-refractivity contribution is 9.10. The van der Waals surface area contributed by atoms with Gasteiger partial charge in [-0.3, -0.25) is 10.1 Å². The number of ether oxygens (including phenoxy) is 1. The van der Waals surface area contributed by atoms with Gasteiger partial charge in [0, 0.05) is 10.5 Å². The van der Waals surface area contributed by atoms with Gasteiger partial charge in [0.1, 0.15) is 5.75 Å². The highest BCUT2D eigenvalue weighted by Crippen LogP contribution is 2.35. The molecule has 6 nitrogen and oxygen atoms in total. The Hall–Kier alpha value is -2.41. The molecule has 1 N–H and O–H groups in total. The normalized spacial score (nSPS) is 10.2. The smallest absolute Gasteiger partial charge is 0.335 e. The molecule has 0 aliphatic heterocycles. The van der Waals surface area contributed by atoms with Crippen molar-refractivity contribution in [3.63, 3.8) is 0 Å². The number of carbonyl (C=O) groups is 1. The Morgan fingerprint density at radius 2 is 2.05 bits per heavy atom. The molecule has 0 unspecified atom stereocenters. The summed E-state index contributed by atoms with van der Waals surface area (Å²) in [7, 11) is 0. The molecule has 0 heterocycles. The van der Waals surface area contributed by atoms with Gasteiger partial charge in [0.25, 0.3) is 0 Å². The molecule has 0 fully saturated rings. The first kappa shape index (κ1) is 15.0. The van der Waals surface area contributed by atoms with Gasteiger partial charge < -0.3 is 9.84 Å². The Kier molecular flexibility index (Phi) is 4.23. The van der Waals surface area contributed by atoms with E-state index in [1.54, 1.807) is 25.1 Å². The van der Waals surface area contributed by atoms with Crippen LogP contribution in [0, 0.1) is 17.0 Å². The van der Waals surface area contributed by atoms with Gasteiger partial charge in [-0.25, -0.2) is 4.79 Å². The minimum absolute atomic E-state index is 0.0237. The van der Waals surface area contributed by atoms with Crippen LogP contribution in [-0.4, -0.2) is 16.0 Å². The van der Waals surface area contributed by atoms with E-state index in [-0.39, 0.29) is 22.7 Å². The van der Waals surface area contributed by atoms with E-state index in [2.05, 4.69) is 15.9 Å². The van der Waals surface area contributed by atoms with Crippen molar-refractivity contribution < 1.29 is 19.6 Å². The molecule has 0 aliphatic carbocycles. The molecule has 108 valence electrons. The molecule has 0 saturated heterocycles. The van der Waals surface area contributed by atoms with E-state index in [1.165, 1.54) is 18.2 Å². The van der Waals surface area contributed by atoms with Crippen molar-refractivity contribution in [2.45, 2.75) is 6.92 Å². The lowest BCUT2D eigenvalue weighted by atomic mass is 10.2. The summed E-state index contributed by atoms with van der Waals surface area (Å²) < 4.78 is 6.05. The topological polar surface area (TPSA) is 89.7 Å². The molecule has 2 aromatic carbocycles. The number of hydrogen-bond acceptors (Lipinski definition) is 4. The van der Waals surface area contributed by atoms with Crippen LogP contribution in [-0.2, 0) is 0 Å². The third kappa shape index (κ3) is 3.38. The molecule has 2 rings (SSSR count). The van der Waals surface area contributed by atoms with Crippen molar-refractivity contribution in [3.05, 3.63) is 62.1 Å². The lowest BCUT2D eigenvalue weighted by Gasteiger charge is -2.10. The second-order valence-corrected chi connectivity index (χ2v) is 5.18.